The molecule has 0 aliphatic carbocycles. The number of hydrogen-bond acceptors (Lipinski definition) is 4. The average Bonchev–Trinajstić information content (AvgIpc) is 3.04. The third-order valence-corrected chi connectivity index (χ3v) is 6.54. The molecule has 0 saturated carbocycles. The molecule has 0 saturated heterocycles. The minimum atomic E-state index is -1.15. The summed E-state index contributed by atoms with van der Waals surface area (Å²) in [6.07, 6.45) is 3.63. The van der Waals surface area contributed by atoms with E-state index in [-0.39, 0.29) is 0 Å². The van der Waals surface area contributed by atoms with Gasteiger partial charge in [-0.3, -0.25) is 0 Å². The Balaban J connectivity index is 2.11. The van der Waals surface area contributed by atoms with Gasteiger partial charge in [-0.25, -0.2) is 4.98 Å². The number of fused-ring (bicyclic) bond motifs is 1. The number of benzene rings is 1. The molecule has 0 atom stereocenters. The Hall–Kier alpha value is -2.62. The van der Waals surface area contributed by atoms with Gasteiger partial charge in [-0.2, -0.15) is 5.26 Å². The third kappa shape index (κ3) is 4.11. The van der Waals surface area contributed by atoms with Crippen LogP contribution in [-0.2, 0) is 11.5 Å². The van der Waals surface area contributed by atoms with Crippen molar-refractivity contribution in [3.8, 4) is 23.1 Å². The van der Waals surface area contributed by atoms with Crippen molar-refractivity contribution in [1.82, 2.24) is 9.55 Å². The second kappa shape index (κ2) is 8.17. The fourth-order valence-electron chi connectivity index (χ4n) is 3.26. The normalized spacial score (nSPS) is 11.6. The minimum Gasteiger partial charge on any atom is -0.479 e. The predicted octanol–water partition coefficient (Wildman–Crippen LogP) is 5.20. The van der Waals surface area contributed by atoms with Gasteiger partial charge in [-0.1, -0.05) is 43.9 Å². The summed E-state index contributed by atoms with van der Waals surface area (Å²) in [4.78, 5) is 4.34. The van der Waals surface area contributed by atoms with Gasteiger partial charge in [0.05, 0.1) is 12.7 Å². The van der Waals surface area contributed by atoms with Crippen LogP contribution < -0.4 is 4.74 Å². The Morgan fingerprint density at radius 1 is 1.18 bits per heavy atom. The van der Waals surface area contributed by atoms with Crippen molar-refractivity contribution in [1.29, 1.82) is 5.26 Å². The van der Waals surface area contributed by atoms with Crippen molar-refractivity contribution in [2.45, 2.75) is 39.3 Å². The molecule has 5 nitrogen and oxygen atoms in total. The SMILES string of the molecule is COc1ncc(C#N)c2c(-c3ccccc3C)cn(COCC[Si](C)(C)C)c12. The van der Waals surface area contributed by atoms with Gasteiger partial charge < -0.3 is 14.0 Å². The monoisotopic (exact) mass is 393 g/mol. The van der Waals surface area contributed by atoms with Gasteiger partial charge in [0.25, 0.3) is 0 Å². The van der Waals surface area contributed by atoms with Crippen LogP contribution in [-0.4, -0.2) is 31.3 Å². The molecular formula is C22H27N3O2Si. The zero-order valence-electron chi connectivity index (χ0n) is 17.2. The molecule has 0 spiro atoms. The van der Waals surface area contributed by atoms with Crippen molar-refractivity contribution in [3.05, 3.63) is 47.8 Å². The quantitative estimate of drug-likeness (QED) is 0.409. The van der Waals surface area contributed by atoms with Crippen LogP contribution in [0.1, 0.15) is 11.1 Å². The summed E-state index contributed by atoms with van der Waals surface area (Å²) in [5, 5.41) is 10.5. The van der Waals surface area contributed by atoms with Crippen LogP contribution in [0, 0.1) is 18.3 Å². The Labute approximate surface area is 167 Å². The number of aryl methyl sites for hydroxylation is 1. The van der Waals surface area contributed by atoms with Crippen molar-refractivity contribution in [2.24, 2.45) is 0 Å². The highest BCUT2D eigenvalue weighted by Gasteiger charge is 2.20. The van der Waals surface area contributed by atoms with Gasteiger partial charge in [0.15, 0.2) is 0 Å². The van der Waals surface area contributed by atoms with Gasteiger partial charge >= 0.3 is 0 Å². The van der Waals surface area contributed by atoms with Crippen molar-refractivity contribution in [2.75, 3.05) is 13.7 Å². The van der Waals surface area contributed by atoms with E-state index in [0.29, 0.717) is 18.2 Å². The van der Waals surface area contributed by atoms with E-state index in [0.717, 1.165) is 40.2 Å². The molecule has 2 aromatic heterocycles. The standard InChI is InChI=1S/C22H27N3O2Si/c1-16-8-6-7-9-18(16)19-14-25(15-27-10-11-28(3,4)5)21-20(19)17(12-23)13-24-22(21)26-2/h6-9,13-14H,10-11,15H2,1-5H3. The molecule has 2 heterocycles. The molecular weight excluding hydrogens is 366 g/mol. The zero-order valence-corrected chi connectivity index (χ0v) is 18.2. The fraction of sp³-hybridized carbons (Fsp3) is 0.364. The smallest absolute Gasteiger partial charge is 0.238 e. The number of aromatic nitrogens is 2. The highest BCUT2D eigenvalue weighted by atomic mass is 28.3. The Morgan fingerprint density at radius 2 is 1.93 bits per heavy atom. The second-order valence-electron chi connectivity index (χ2n) is 8.19. The van der Waals surface area contributed by atoms with Crippen molar-refractivity contribution < 1.29 is 9.47 Å². The van der Waals surface area contributed by atoms with Crippen LogP contribution >= 0.6 is 0 Å². The van der Waals surface area contributed by atoms with Crippen LogP contribution in [0.15, 0.2) is 36.7 Å². The zero-order chi connectivity index (χ0) is 20.3. The average molecular weight is 394 g/mol. The molecule has 6 heteroatoms. The van der Waals surface area contributed by atoms with Gasteiger partial charge in [0, 0.05) is 38.0 Å². The maximum absolute atomic E-state index is 9.69. The first-order chi connectivity index (χ1) is 13.4. The van der Waals surface area contributed by atoms with Crippen LogP contribution in [0.5, 0.6) is 5.88 Å². The summed E-state index contributed by atoms with van der Waals surface area (Å²) in [6, 6.07) is 11.6. The summed E-state index contributed by atoms with van der Waals surface area (Å²) in [5.41, 5.74) is 4.58. The van der Waals surface area contributed by atoms with E-state index < -0.39 is 8.07 Å². The molecule has 3 aromatic rings. The number of pyridine rings is 1. The maximum atomic E-state index is 9.69. The maximum Gasteiger partial charge on any atom is 0.238 e. The number of nitriles is 1. The molecule has 0 bridgehead atoms. The van der Waals surface area contributed by atoms with Crippen LogP contribution in [0.4, 0.5) is 0 Å². The van der Waals surface area contributed by atoms with E-state index in [9.17, 15) is 5.26 Å². The second-order valence-corrected chi connectivity index (χ2v) is 13.8. The number of ether oxygens (including phenoxy) is 2. The van der Waals surface area contributed by atoms with Crippen LogP contribution in [0.3, 0.4) is 0 Å². The van der Waals surface area contributed by atoms with Gasteiger partial charge in [0.2, 0.25) is 5.88 Å². The topological polar surface area (TPSA) is 60.1 Å². The highest BCUT2D eigenvalue weighted by molar-refractivity contribution is 6.76. The van der Waals surface area contributed by atoms with E-state index in [1.807, 2.05) is 22.9 Å². The lowest BCUT2D eigenvalue weighted by atomic mass is 9.99. The lowest BCUT2D eigenvalue weighted by molar-refractivity contribution is 0.0900. The first-order valence-electron chi connectivity index (χ1n) is 9.45. The first kappa shape index (κ1) is 20.1. The molecule has 0 aliphatic rings. The van der Waals surface area contributed by atoms with Crippen molar-refractivity contribution in [3.63, 3.8) is 0 Å². The van der Waals surface area contributed by atoms with Crippen molar-refractivity contribution >= 4 is 19.0 Å². The van der Waals surface area contributed by atoms with E-state index >= 15 is 0 Å². The largest absolute Gasteiger partial charge is 0.479 e. The van der Waals surface area contributed by atoms with Gasteiger partial charge in [-0.05, 0) is 24.1 Å². The summed E-state index contributed by atoms with van der Waals surface area (Å²) >= 11 is 0. The summed E-state index contributed by atoms with van der Waals surface area (Å²) < 4.78 is 13.5. The predicted molar refractivity (Wildman–Crippen MR) is 115 cm³/mol. The Morgan fingerprint density at radius 3 is 2.57 bits per heavy atom. The highest BCUT2D eigenvalue weighted by Crippen LogP contribution is 2.37. The lowest BCUT2D eigenvalue weighted by Gasteiger charge is -2.16. The van der Waals surface area contributed by atoms with Gasteiger partial charge in [-0.15, -0.1) is 0 Å². The van der Waals surface area contributed by atoms with E-state index in [2.05, 4.69) is 49.8 Å². The number of nitrogens with zero attached hydrogens (tertiary/aromatic N) is 3. The molecule has 3 rings (SSSR count). The van der Waals surface area contributed by atoms with Crippen LogP contribution in [0.2, 0.25) is 25.7 Å². The number of methoxy groups -OCH3 is 1. The summed E-state index contributed by atoms with van der Waals surface area (Å²) in [7, 11) is 0.451. The minimum absolute atomic E-state index is 0.403. The molecule has 146 valence electrons. The molecule has 0 aliphatic heterocycles. The van der Waals surface area contributed by atoms with Crippen LogP contribution in [0.25, 0.3) is 22.0 Å². The Kier molecular flexibility index (Phi) is 5.87. The summed E-state index contributed by atoms with van der Waals surface area (Å²) in [5.74, 6) is 0.502. The van der Waals surface area contributed by atoms with E-state index in [1.165, 1.54) is 0 Å². The number of rotatable bonds is 7. The fourth-order valence-corrected chi connectivity index (χ4v) is 4.02. The first-order valence-corrected chi connectivity index (χ1v) is 13.2. The summed E-state index contributed by atoms with van der Waals surface area (Å²) in [6.45, 7) is 10.2. The number of hydrogen-bond donors (Lipinski definition) is 0. The third-order valence-electron chi connectivity index (χ3n) is 4.84. The molecule has 0 radical (unpaired) electrons. The van der Waals surface area contributed by atoms with Gasteiger partial charge in [0.1, 0.15) is 18.3 Å². The molecule has 1 aromatic carbocycles. The van der Waals surface area contributed by atoms with E-state index in [1.54, 1.807) is 13.3 Å². The lowest BCUT2D eigenvalue weighted by Crippen LogP contribution is -2.22. The molecule has 0 N–H and O–H groups in total. The molecule has 0 amide bonds. The molecule has 0 unspecified atom stereocenters. The molecule has 0 fully saturated rings. The van der Waals surface area contributed by atoms with E-state index in [4.69, 9.17) is 9.47 Å². The Bertz CT molecular complexity index is 1030. The molecule has 28 heavy (non-hydrogen) atoms.